The third kappa shape index (κ3) is 3.33. The third-order valence-corrected chi connectivity index (χ3v) is 3.71. The van der Waals surface area contributed by atoms with Gasteiger partial charge in [0.15, 0.2) is 0 Å². The molecule has 0 bridgehead atoms. The number of hydrogen-bond acceptors (Lipinski definition) is 5. The fraction of sp³-hybridized carbons (Fsp3) is 0.571. The Morgan fingerprint density at radius 2 is 2.32 bits per heavy atom. The summed E-state index contributed by atoms with van der Waals surface area (Å²) in [6.45, 7) is 7.41. The van der Waals surface area contributed by atoms with Crippen LogP contribution in [0, 0.1) is 0 Å². The third-order valence-electron chi connectivity index (χ3n) is 3.71. The molecule has 0 unspecified atom stereocenters. The molecular weight excluding hydrogens is 282 g/mol. The summed E-state index contributed by atoms with van der Waals surface area (Å²) < 4.78 is 2.02. The second kappa shape index (κ2) is 6.27. The zero-order chi connectivity index (χ0) is 15.5. The number of hydrogen-bond donors (Lipinski definition) is 2. The summed E-state index contributed by atoms with van der Waals surface area (Å²) >= 11 is 0. The van der Waals surface area contributed by atoms with E-state index in [4.69, 9.17) is 0 Å². The van der Waals surface area contributed by atoms with E-state index < -0.39 is 0 Å². The number of fused-ring (bicyclic) bond motifs is 1. The van der Waals surface area contributed by atoms with E-state index in [1.807, 2.05) is 11.6 Å². The fourth-order valence-corrected chi connectivity index (χ4v) is 2.59. The van der Waals surface area contributed by atoms with E-state index in [0.29, 0.717) is 6.54 Å². The molecule has 0 aromatic carbocycles. The molecule has 3 rings (SSSR count). The van der Waals surface area contributed by atoms with Crippen molar-refractivity contribution < 1.29 is 4.79 Å². The lowest BCUT2D eigenvalue weighted by molar-refractivity contribution is -0.119. The number of aryl methyl sites for hydroxylation is 1. The van der Waals surface area contributed by atoms with E-state index in [0.717, 1.165) is 49.9 Å². The maximum atomic E-state index is 11.0. The second-order valence-electron chi connectivity index (χ2n) is 5.52. The molecule has 0 aliphatic carbocycles. The summed E-state index contributed by atoms with van der Waals surface area (Å²) in [5.74, 6) is 1.72. The van der Waals surface area contributed by atoms with Crippen LogP contribution in [0.1, 0.15) is 36.9 Å². The van der Waals surface area contributed by atoms with Crippen LogP contribution in [0.2, 0.25) is 0 Å². The van der Waals surface area contributed by atoms with Crippen molar-refractivity contribution in [2.45, 2.75) is 46.4 Å². The predicted octanol–water partition coefficient (Wildman–Crippen LogP) is 0.216. The van der Waals surface area contributed by atoms with Gasteiger partial charge >= 0.3 is 0 Å². The van der Waals surface area contributed by atoms with Crippen molar-refractivity contribution in [1.29, 1.82) is 0 Å². The zero-order valence-corrected chi connectivity index (χ0v) is 13.0. The number of H-pyrrole nitrogens is 1. The number of aromatic amines is 1. The first-order valence-corrected chi connectivity index (χ1v) is 7.56. The topological polar surface area (TPSA) is 91.7 Å². The van der Waals surface area contributed by atoms with Crippen molar-refractivity contribution >= 4 is 5.91 Å². The average Bonchev–Trinajstić information content (AvgIpc) is 3.10. The monoisotopic (exact) mass is 303 g/mol. The molecule has 2 aromatic rings. The number of nitrogens with one attached hydrogen (secondary N) is 2. The standard InChI is InChI=1S/C14H21N7O/c1-3-13-16-14(18-17-13)9-20-4-5-21-12(8-20)6-11(19-21)7-15-10(2)22/h6H,3-5,7-9H2,1-2H3,(H,15,22)(H,16,17,18). The molecule has 118 valence electrons. The quantitative estimate of drug-likeness (QED) is 0.824. The first-order chi connectivity index (χ1) is 10.6. The first-order valence-electron chi connectivity index (χ1n) is 7.56. The molecule has 0 saturated heterocycles. The van der Waals surface area contributed by atoms with E-state index in [9.17, 15) is 4.79 Å². The minimum absolute atomic E-state index is 0.0374. The van der Waals surface area contributed by atoms with Crippen LogP contribution in [-0.4, -0.2) is 42.3 Å². The molecule has 0 fully saturated rings. The molecule has 8 heteroatoms. The van der Waals surface area contributed by atoms with Crippen molar-refractivity contribution in [2.24, 2.45) is 0 Å². The fourth-order valence-electron chi connectivity index (χ4n) is 2.59. The largest absolute Gasteiger partial charge is 0.351 e. The molecule has 8 nitrogen and oxygen atoms in total. The molecule has 0 radical (unpaired) electrons. The van der Waals surface area contributed by atoms with Gasteiger partial charge in [-0.15, -0.1) is 0 Å². The highest BCUT2D eigenvalue weighted by atomic mass is 16.1. The van der Waals surface area contributed by atoms with Gasteiger partial charge in [0.05, 0.1) is 31.0 Å². The van der Waals surface area contributed by atoms with Crippen LogP contribution in [0.4, 0.5) is 0 Å². The Labute approximate surface area is 128 Å². The Bertz CT molecular complexity index is 660. The van der Waals surface area contributed by atoms with Gasteiger partial charge in [0.2, 0.25) is 5.91 Å². The van der Waals surface area contributed by atoms with Crippen molar-refractivity contribution in [1.82, 2.24) is 35.2 Å². The van der Waals surface area contributed by atoms with Crippen LogP contribution in [0.15, 0.2) is 6.07 Å². The molecule has 0 spiro atoms. The van der Waals surface area contributed by atoms with Crippen molar-refractivity contribution in [3.8, 4) is 0 Å². The highest BCUT2D eigenvalue weighted by Gasteiger charge is 2.19. The number of nitrogens with zero attached hydrogens (tertiary/aromatic N) is 5. The Morgan fingerprint density at radius 3 is 3.05 bits per heavy atom. The maximum Gasteiger partial charge on any atom is 0.217 e. The van der Waals surface area contributed by atoms with Gasteiger partial charge in [0, 0.05) is 26.4 Å². The first kappa shape index (κ1) is 14.7. The Kier molecular flexibility index (Phi) is 4.19. The van der Waals surface area contributed by atoms with E-state index >= 15 is 0 Å². The molecular formula is C14H21N7O. The minimum atomic E-state index is -0.0374. The molecule has 0 atom stereocenters. The SMILES string of the molecule is CCc1n[nH]c(CN2CCn3nc(CNC(C)=O)cc3C2)n1. The van der Waals surface area contributed by atoms with E-state index in [-0.39, 0.29) is 5.91 Å². The molecule has 1 amide bonds. The maximum absolute atomic E-state index is 11.0. The lowest BCUT2D eigenvalue weighted by Gasteiger charge is -2.26. The van der Waals surface area contributed by atoms with Crippen molar-refractivity contribution in [3.05, 3.63) is 29.1 Å². The van der Waals surface area contributed by atoms with Crippen LogP contribution in [-0.2, 0) is 37.4 Å². The summed E-state index contributed by atoms with van der Waals surface area (Å²) in [5, 5.41) is 14.5. The molecule has 22 heavy (non-hydrogen) atoms. The lowest BCUT2D eigenvalue weighted by Crippen LogP contribution is -2.33. The Morgan fingerprint density at radius 1 is 1.45 bits per heavy atom. The van der Waals surface area contributed by atoms with Crippen molar-refractivity contribution in [3.63, 3.8) is 0 Å². The van der Waals surface area contributed by atoms with Crippen LogP contribution in [0.25, 0.3) is 0 Å². The molecule has 2 aromatic heterocycles. The summed E-state index contributed by atoms with van der Waals surface area (Å²) in [4.78, 5) is 17.7. The zero-order valence-electron chi connectivity index (χ0n) is 13.0. The van der Waals surface area contributed by atoms with E-state index in [1.54, 1.807) is 0 Å². The summed E-state index contributed by atoms with van der Waals surface area (Å²) in [5.41, 5.74) is 2.07. The predicted molar refractivity (Wildman–Crippen MR) is 79.6 cm³/mol. The van der Waals surface area contributed by atoms with Crippen LogP contribution < -0.4 is 5.32 Å². The summed E-state index contributed by atoms with van der Waals surface area (Å²) in [6.07, 6.45) is 0.843. The van der Waals surface area contributed by atoms with Gasteiger partial charge in [0.25, 0.3) is 0 Å². The molecule has 2 N–H and O–H groups in total. The normalized spacial score (nSPS) is 14.8. The van der Waals surface area contributed by atoms with Gasteiger partial charge in [0.1, 0.15) is 11.6 Å². The molecule has 1 aliphatic rings. The molecule has 3 heterocycles. The van der Waals surface area contributed by atoms with Crippen molar-refractivity contribution in [2.75, 3.05) is 6.54 Å². The number of carbonyl (C=O) groups excluding carboxylic acids is 1. The molecule has 1 aliphatic heterocycles. The van der Waals surface area contributed by atoms with Crippen LogP contribution in [0.5, 0.6) is 0 Å². The van der Waals surface area contributed by atoms with E-state index in [2.05, 4.69) is 36.6 Å². The number of aromatic nitrogens is 5. The van der Waals surface area contributed by atoms with Gasteiger partial charge in [-0.25, -0.2) is 4.98 Å². The van der Waals surface area contributed by atoms with Gasteiger partial charge in [-0.3, -0.25) is 19.5 Å². The van der Waals surface area contributed by atoms with Crippen LogP contribution >= 0.6 is 0 Å². The summed E-state index contributed by atoms with van der Waals surface area (Å²) in [7, 11) is 0. The smallest absolute Gasteiger partial charge is 0.217 e. The number of rotatable bonds is 5. The van der Waals surface area contributed by atoms with Crippen LogP contribution in [0.3, 0.4) is 0 Å². The highest BCUT2D eigenvalue weighted by molar-refractivity contribution is 5.72. The molecule has 0 saturated carbocycles. The number of carbonyl (C=O) groups is 1. The van der Waals surface area contributed by atoms with Gasteiger partial charge in [-0.05, 0) is 6.07 Å². The Balaban J connectivity index is 1.61. The number of amides is 1. The Hall–Kier alpha value is -2.22. The van der Waals surface area contributed by atoms with Gasteiger partial charge < -0.3 is 5.32 Å². The van der Waals surface area contributed by atoms with Gasteiger partial charge in [-0.1, -0.05) is 6.92 Å². The lowest BCUT2D eigenvalue weighted by atomic mass is 10.2. The minimum Gasteiger partial charge on any atom is -0.351 e. The highest BCUT2D eigenvalue weighted by Crippen LogP contribution is 2.15. The van der Waals surface area contributed by atoms with Gasteiger partial charge in [-0.2, -0.15) is 10.2 Å². The van der Waals surface area contributed by atoms with E-state index in [1.165, 1.54) is 12.6 Å². The summed E-state index contributed by atoms with van der Waals surface area (Å²) in [6, 6.07) is 2.06. The average molecular weight is 303 g/mol. The second-order valence-corrected chi connectivity index (χ2v) is 5.52.